The maximum atomic E-state index is 11.4. The van der Waals surface area contributed by atoms with E-state index in [1.54, 1.807) is 0 Å². The maximum absolute atomic E-state index is 11.4. The number of carbonyl (C=O) groups excluding carboxylic acids is 1. The highest BCUT2D eigenvalue weighted by molar-refractivity contribution is 7.80. The Morgan fingerprint density at radius 2 is 2.33 bits per heavy atom. The van der Waals surface area contributed by atoms with Crippen molar-refractivity contribution < 1.29 is 4.79 Å². The first-order valence-corrected chi connectivity index (χ1v) is 5.32. The second-order valence-corrected chi connectivity index (χ2v) is 3.79. The Morgan fingerprint density at radius 3 is 2.67 bits per heavy atom. The van der Waals surface area contributed by atoms with Gasteiger partial charge in [-0.2, -0.15) is 12.6 Å². The molecule has 0 aromatic carbocycles. The molecule has 1 saturated carbocycles. The zero-order chi connectivity index (χ0) is 8.97. The van der Waals surface area contributed by atoms with E-state index < -0.39 is 0 Å². The van der Waals surface area contributed by atoms with Crippen molar-refractivity contribution in [2.24, 2.45) is 5.92 Å². The summed E-state index contributed by atoms with van der Waals surface area (Å²) in [6.45, 7) is 2.07. The lowest BCUT2D eigenvalue weighted by Gasteiger charge is -2.26. The summed E-state index contributed by atoms with van der Waals surface area (Å²) in [6, 6.07) is 0.265. The minimum Gasteiger partial charge on any atom is -0.352 e. The summed E-state index contributed by atoms with van der Waals surface area (Å²) < 4.78 is 0. The quantitative estimate of drug-likeness (QED) is 0.643. The van der Waals surface area contributed by atoms with Crippen molar-refractivity contribution in [3.8, 4) is 0 Å². The average Bonchev–Trinajstić information content (AvgIpc) is 1.96. The van der Waals surface area contributed by atoms with E-state index in [0.717, 1.165) is 25.0 Å². The van der Waals surface area contributed by atoms with Crippen LogP contribution in [0.4, 0.5) is 0 Å². The van der Waals surface area contributed by atoms with Crippen LogP contribution < -0.4 is 5.32 Å². The van der Waals surface area contributed by atoms with Crippen LogP contribution >= 0.6 is 12.6 Å². The number of hydrogen-bond donors (Lipinski definition) is 2. The average molecular weight is 187 g/mol. The number of amides is 1. The summed E-state index contributed by atoms with van der Waals surface area (Å²) in [5.74, 6) is 1.29. The Kier molecular flexibility index (Phi) is 3.92. The van der Waals surface area contributed by atoms with Gasteiger partial charge in [-0.15, -0.1) is 0 Å². The lowest BCUT2D eigenvalue weighted by Crippen LogP contribution is -2.41. The molecule has 70 valence electrons. The van der Waals surface area contributed by atoms with Crippen LogP contribution in [0.3, 0.4) is 0 Å². The molecule has 1 aliphatic rings. The third kappa shape index (κ3) is 2.41. The highest BCUT2D eigenvalue weighted by Crippen LogP contribution is 2.26. The molecule has 1 unspecified atom stereocenters. The first-order valence-electron chi connectivity index (χ1n) is 4.69. The summed E-state index contributed by atoms with van der Waals surface area (Å²) in [7, 11) is 0. The molecule has 12 heavy (non-hydrogen) atoms. The lowest BCUT2D eigenvalue weighted by atomic mass is 9.84. The second kappa shape index (κ2) is 4.75. The summed E-state index contributed by atoms with van der Waals surface area (Å²) in [5, 5.41) is 3.00. The largest absolute Gasteiger partial charge is 0.352 e. The van der Waals surface area contributed by atoms with Crippen molar-refractivity contribution in [1.29, 1.82) is 0 Å². The van der Waals surface area contributed by atoms with Crippen molar-refractivity contribution in [1.82, 2.24) is 5.32 Å². The van der Waals surface area contributed by atoms with Crippen molar-refractivity contribution in [3.63, 3.8) is 0 Å². The molecule has 1 aliphatic carbocycles. The molecule has 0 spiro atoms. The van der Waals surface area contributed by atoms with Crippen LogP contribution in [0.1, 0.15) is 32.6 Å². The molecular weight excluding hydrogens is 170 g/mol. The standard InChI is InChI=1S/C9H17NOS/c1-2-8(6-12)10-9(11)7-4-3-5-7/h7-8,12H,2-6H2,1H3,(H,10,11). The summed E-state index contributed by atoms with van der Waals surface area (Å²) in [6.07, 6.45) is 4.35. The molecule has 0 aromatic rings. The molecule has 3 heteroatoms. The predicted octanol–water partition coefficient (Wildman–Crippen LogP) is 1.61. The molecule has 0 saturated heterocycles. The SMILES string of the molecule is CCC(CS)NC(=O)C1CCC1. The zero-order valence-corrected chi connectivity index (χ0v) is 8.44. The number of hydrogen-bond acceptors (Lipinski definition) is 2. The van der Waals surface area contributed by atoms with Crippen molar-refractivity contribution in [3.05, 3.63) is 0 Å². The van der Waals surface area contributed by atoms with E-state index in [-0.39, 0.29) is 11.9 Å². The van der Waals surface area contributed by atoms with E-state index in [0.29, 0.717) is 5.92 Å². The third-order valence-electron chi connectivity index (χ3n) is 2.54. The Morgan fingerprint density at radius 1 is 1.67 bits per heavy atom. The van der Waals surface area contributed by atoms with Crippen LogP contribution in [0, 0.1) is 5.92 Å². The Bertz CT molecular complexity index is 153. The molecule has 0 heterocycles. The van der Waals surface area contributed by atoms with Crippen molar-refractivity contribution >= 4 is 18.5 Å². The van der Waals surface area contributed by atoms with E-state index in [1.165, 1.54) is 6.42 Å². The fraction of sp³-hybridized carbons (Fsp3) is 0.889. The Balaban J connectivity index is 2.23. The minimum absolute atomic E-state index is 0.238. The number of thiol groups is 1. The first kappa shape index (κ1) is 9.90. The molecule has 0 bridgehead atoms. The van der Waals surface area contributed by atoms with Gasteiger partial charge in [-0.1, -0.05) is 13.3 Å². The lowest BCUT2D eigenvalue weighted by molar-refractivity contribution is -0.127. The monoisotopic (exact) mass is 187 g/mol. The van der Waals surface area contributed by atoms with Gasteiger partial charge in [0.25, 0.3) is 0 Å². The highest BCUT2D eigenvalue weighted by atomic mass is 32.1. The number of rotatable bonds is 4. The van der Waals surface area contributed by atoms with Crippen molar-refractivity contribution in [2.45, 2.75) is 38.6 Å². The van der Waals surface area contributed by atoms with Crippen LogP contribution in [0.2, 0.25) is 0 Å². The molecule has 1 N–H and O–H groups in total. The first-order chi connectivity index (χ1) is 5.77. The van der Waals surface area contributed by atoms with Gasteiger partial charge in [-0.3, -0.25) is 4.79 Å². The normalized spacial score (nSPS) is 19.8. The van der Waals surface area contributed by atoms with E-state index in [4.69, 9.17) is 0 Å². The number of carbonyl (C=O) groups is 1. The highest BCUT2D eigenvalue weighted by Gasteiger charge is 2.25. The maximum Gasteiger partial charge on any atom is 0.223 e. The minimum atomic E-state index is 0.238. The third-order valence-corrected chi connectivity index (χ3v) is 2.98. The summed E-state index contributed by atoms with van der Waals surface area (Å²) in [5.41, 5.74) is 0. The molecule has 1 rings (SSSR count). The molecule has 2 nitrogen and oxygen atoms in total. The molecule has 0 aliphatic heterocycles. The van der Waals surface area contributed by atoms with Gasteiger partial charge in [0, 0.05) is 17.7 Å². The van der Waals surface area contributed by atoms with Gasteiger partial charge in [-0.05, 0) is 19.3 Å². The molecule has 0 radical (unpaired) electrons. The van der Waals surface area contributed by atoms with Crippen LogP contribution in [-0.2, 0) is 4.79 Å². The van der Waals surface area contributed by atoms with Gasteiger partial charge in [0.1, 0.15) is 0 Å². The van der Waals surface area contributed by atoms with E-state index in [2.05, 4.69) is 24.9 Å². The van der Waals surface area contributed by atoms with Gasteiger partial charge in [-0.25, -0.2) is 0 Å². The predicted molar refractivity (Wildman–Crippen MR) is 53.4 cm³/mol. The second-order valence-electron chi connectivity index (χ2n) is 3.42. The fourth-order valence-electron chi connectivity index (χ4n) is 1.27. The Hall–Kier alpha value is -0.180. The van der Waals surface area contributed by atoms with Gasteiger partial charge < -0.3 is 5.32 Å². The number of nitrogens with one attached hydrogen (secondary N) is 1. The van der Waals surface area contributed by atoms with Crippen LogP contribution in [-0.4, -0.2) is 17.7 Å². The molecule has 1 atom stereocenters. The molecule has 1 fully saturated rings. The molecule has 1 amide bonds. The van der Waals surface area contributed by atoms with Gasteiger partial charge >= 0.3 is 0 Å². The van der Waals surface area contributed by atoms with Crippen LogP contribution in [0.25, 0.3) is 0 Å². The van der Waals surface area contributed by atoms with Crippen LogP contribution in [0.5, 0.6) is 0 Å². The molecular formula is C9H17NOS. The van der Waals surface area contributed by atoms with Crippen molar-refractivity contribution in [2.75, 3.05) is 5.75 Å². The van der Waals surface area contributed by atoms with E-state index in [9.17, 15) is 4.79 Å². The van der Waals surface area contributed by atoms with E-state index in [1.807, 2.05) is 0 Å². The van der Waals surface area contributed by atoms with Crippen LogP contribution in [0.15, 0.2) is 0 Å². The topological polar surface area (TPSA) is 29.1 Å². The zero-order valence-electron chi connectivity index (χ0n) is 7.55. The fourth-order valence-corrected chi connectivity index (χ4v) is 1.62. The summed E-state index contributed by atoms with van der Waals surface area (Å²) >= 11 is 4.17. The Labute approximate surface area is 79.5 Å². The van der Waals surface area contributed by atoms with E-state index >= 15 is 0 Å². The van der Waals surface area contributed by atoms with Gasteiger partial charge in [0.05, 0.1) is 0 Å². The smallest absolute Gasteiger partial charge is 0.223 e. The van der Waals surface area contributed by atoms with Gasteiger partial charge in [0.2, 0.25) is 5.91 Å². The molecule has 0 aromatic heterocycles. The summed E-state index contributed by atoms with van der Waals surface area (Å²) in [4.78, 5) is 11.4. The van der Waals surface area contributed by atoms with Gasteiger partial charge in [0.15, 0.2) is 0 Å².